The summed E-state index contributed by atoms with van der Waals surface area (Å²) >= 11 is 1.71. The molecule has 0 spiro atoms. The van der Waals surface area contributed by atoms with Crippen molar-refractivity contribution in [2.24, 2.45) is 0 Å². The van der Waals surface area contributed by atoms with E-state index in [0.717, 1.165) is 31.5 Å². The van der Waals surface area contributed by atoms with Crippen molar-refractivity contribution in [1.82, 2.24) is 4.90 Å². The summed E-state index contributed by atoms with van der Waals surface area (Å²) in [5.74, 6) is -0.0763. The lowest BCUT2D eigenvalue weighted by Crippen LogP contribution is -2.48. The Kier molecular flexibility index (Phi) is 6.35. The molecule has 0 N–H and O–H groups in total. The quantitative estimate of drug-likeness (QED) is 0.454. The van der Waals surface area contributed by atoms with E-state index in [1.165, 1.54) is 16.0 Å². The zero-order valence-electron chi connectivity index (χ0n) is 17.7. The average Bonchev–Trinajstić information content (AvgIpc) is 3.30. The SMILES string of the molecule is CCOC(=O)C1(c2ccsc2-c2ccccc2)CCN(C(C)c2ccccc2)CC1. The van der Waals surface area contributed by atoms with Crippen LogP contribution in [0.3, 0.4) is 0 Å². The smallest absolute Gasteiger partial charge is 0.316 e. The minimum Gasteiger partial charge on any atom is -0.465 e. The Labute approximate surface area is 183 Å². The van der Waals surface area contributed by atoms with Crippen molar-refractivity contribution in [3.63, 3.8) is 0 Å². The number of benzene rings is 2. The number of ether oxygens (including phenoxy) is 1. The van der Waals surface area contributed by atoms with E-state index >= 15 is 0 Å². The Morgan fingerprint density at radius 3 is 2.30 bits per heavy atom. The molecule has 4 rings (SSSR count). The molecule has 2 aromatic carbocycles. The molecule has 1 aromatic heterocycles. The standard InChI is InChI=1S/C26H29NO2S/c1-3-29-25(28)26(23-14-19-30-24(23)22-12-8-5-9-13-22)15-17-27(18-16-26)20(2)21-10-6-4-7-11-21/h4-14,19-20H,3,15-18H2,1-2H3. The Hall–Kier alpha value is -2.43. The summed E-state index contributed by atoms with van der Waals surface area (Å²) in [6, 6.07) is 23.5. The molecule has 1 unspecified atom stereocenters. The molecular weight excluding hydrogens is 390 g/mol. The van der Waals surface area contributed by atoms with Gasteiger partial charge in [0.05, 0.1) is 12.0 Å². The average molecular weight is 420 g/mol. The van der Waals surface area contributed by atoms with Crippen molar-refractivity contribution in [3.05, 3.63) is 83.2 Å². The van der Waals surface area contributed by atoms with Gasteiger partial charge < -0.3 is 4.74 Å². The largest absolute Gasteiger partial charge is 0.465 e. The molecule has 3 nitrogen and oxygen atoms in total. The molecule has 1 saturated heterocycles. The monoisotopic (exact) mass is 419 g/mol. The second-order valence-corrected chi connectivity index (χ2v) is 8.87. The molecule has 1 aliphatic rings. The predicted molar refractivity (Wildman–Crippen MR) is 124 cm³/mol. The molecule has 1 atom stereocenters. The first-order valence-electron chi connectivity index (χ1n) is 10.8. The van der Waals surface area contributed by atoms with E-state index in [4.69, 9.17) is 4.74 Å². The van der Waals surface area contributed by atoms with Crippen LogP contribution in [0.25, 0.3) is 10.4 Å². The van der Waals surface area contributed by atoms with Crippen molar-refractivity contribution in [2.45, 2.75) is 38.1 Å². The Morgan fingerprint density at radius 1 is 1.03 bits per heavy atom. The predicted octanol–water partition coefficient (Wildman–Crippen LogP) is 6.07. The Morgan fingerprint density at radius 2 is 1.67 bits per heavy atom. The van der Waals surface area contributed by atoms with E-state index < -0.39 is 5.41 Å². The van der Waals surface area contributed by atoms with Gasteiger partial charge in [-0.15, -0.1) is 11.3 Å². The first-order valence-corrected chi connectivity index (χ1v) is 11.6. The number of esters is 1. The van der Waals surface area contributed by atoms with Gasteiger partial charge in [0, 0.05) is 24.0 Å². The van der Waals surface area contributed by atoms with E-state index in [0.29, 0.717) is 12.6 Å². The molecule has 1 fully saturated rings. The van der Waals surface area contributed by atoms with Gasteiger partial charge in [-0.3, -0.25) is 9.69 Å². The molecule has 3 aromatic rings. The number of rotatable bonds is 6. The number of thiophene rings is 1. The molecule has 0 amide bonds. The molecule has 156 valence electrons. The van der Waals surface area contributed by atoms with Crippen LogP contribution in [0.5, 0.6) is 0 Å². The first kappa shape index (κ1) is 20.8. The Bertz CT molecular complexity index is 959. The van der Waals surface area contributed by atoms with Crippen LogP contribution in [0.2, 0.25) is 0 Å². The van der Waals surface area contributed by atoms with Crippen molar-refractivity contribution in [3.8, 4) is 10.4 Å². The van der Waals surface area contributed by atoms with Gasteiger partial charge in [0.15, 0.2) is 0 Å². The lowest BCUT2D eigenvalue weighted by molar-refractivity contribution is -0.152. The lowest BCUT2D eigenvalue weighted by atomic mass is 9.72. The third kappa shape index (κ3) is 3.94. The van der Waals surface area contributed by atoms with Crippen LogP contribution < -0.4 is 0 Å². The number of carbonyl (C=O) groups excluding carboxylic acids is 1. The van der Waals surface area contributed by atoms with Gasteiger partial charge in [0.2, 0.25) is 0 Å². The summed E-state index contributed by atoms with van der Waals surface area (Å²) in [6.45, 7) is 6.31. The summed E-state index contributed by atoms with van der Waals surface area (Å²) in [5, 5.41) is 2.11. The highest BCUT2D eigenvalue weighted by molar-refractivity contribution is 7.13. The molecule has 4 heteroatoms. The van der Waals surface area contributed by atoms with Gasteiger partial charge >= 0.3 is 5.97 Å². The van der Waals surface area contributed by atoms with E-state index in [1.807, 2.05) is 13.0 Å². The highest BCUT2D eigenvalue weighted by Crippen LogP contribution is 2.45. The van der Waals surface area contributed by atoms with Gasteiger partial charge in [0.1, 0.15) is 0 Å². The maximum absolute atomic E-state index is 13.3. The minimum absolute atomic E-state index is 0.0763. The molecule has 1 aliphatic heterocycles. The highest BCUT2D eigenvalue weighted by Gasteiger charge is 2.46. The van der Waals surface area contributed by atoms with Gasteiger partial charge in [-0.2, -0.15) is 0 Å². The van der Waals surface area contributed by atoms with Gasteiger partial charge in [0.25, 0.3) is 0 Å². The summed E-state index contributed by atoms with van der Waals surface area (Å²) in [7, 11) is 0. The van der Waals surface area contributed by atoms with Crippen molar-refractivity contribution >= 4 is 17.3 Å². The summed E-state index contributed by atoms with van der Waals surface area (Å²) in [4.78, 5) is 17.0. The number of hydrogen-bond donors (Lipinski definition) is 0. The highest BCUT2D eigenvalue weighted by atomic mass is 32.1. The summed E-state index contributed by atoms with van der Waals surface area (Å²) < 4.78 is 5.63. The zero-order valence-corrected chi connectivity index (χ0v) is 18.5. The van der Waals surface area contributed by atoms with Gasteiger partial charge in [-0.05, 0) is 54.8 Å². The maximum atomic E-state index is 13.3. The number of piperidine rings is 1. The second kappa shape index (κ2) is 9.15. The first-order chi connectivity index (χ1) is 14.7. The van der Waals surface area contributed by atoms with Crippen molar-refractivity contribution in [1.29, 1.82) is 0 Å². The third-order valence-electron chi connectivity index (χ3n) is 6.36. The van der Waals surface area contributed by atoms with Crippen LogP contribution in [0.15, 0.2) is 72.1 Å². The van der Waals surface area contributed by atoms with E-state index in [1.54, 1.807) is 11.3 Å². The van der Waals surface area contributed by atoms with Crippen LogP contribution in [0.4, 0.5) is 0 Å². The number of likely N-dealkylation sites (tertiary alicyclic amines) is 1. The lowest BCUT2D eigenvalue weighted by Gasteiger charge is -2.42. The van der Waals surface area contributed by atoms with Crippen LogP contribution in [0, 0.1) is 0 Å². The third-order valence-corrected chi connectivity index (χ3v) is 7.33. The fourth-order valence-electron chi connectivity index (χ4n) is 4.59. The minimum atomic E-state index is -0.575. The molecule has 0 radical (unpaired) electrons. The molecule has 2 heterocycles. The van der Waals surface area contributed by atoms with Gasteiger partial charge in [-0.1, -0.05) is 60.7 Å². The Balaban J connectivity index is 1.64. The van der Waals surface area contributed by atoms with Crippen molar-refractivity contribution < 1.29 is 9.53 Å². The molecule has 30 heavy (non-hydrogen) atoms. The molecular formula is C26H29NO2S. The molecule has 0 saturated carbocycles. The molecule has 0 aliphatic carbocycles. The van der Waals surface area contributed by atoms with E-state index in [9.17, 15) is 4.79 Å². The fraction of sp³-hybridized carbons (Fsp3) is 0.346. The summed E-state index contributed by atoms with van der Waals surface area (Å²) in [5.41, 5.74) is 3.05. The maximum Gasteiger partial charge on any atom is 0.316 e. The second-order valence-electron chi connectivity index (χ2n) is 7.95. The van der Waals surface area contributed by atoms with Crippen LogP contribution in [0.1, 0.15) is 43.9 Å². The number of hydrogen-bond acceptors (Lipinski definition) is 4. The fourth-order valence-corrected chi connectivity index (χ4v) is 5.59. The normalized spacial score (nSPS) is 17.4. The van der Waals surface area contributed by atoms with Crippen LogP contribution >= 0.6 is 11.3 Å². The molecule has 0 bridgehead atoms. The summed E-state index contributed by atoms with van der Waals surface area (Å²) in [6.07, 6.45) is 1.55. The van der Waals surface area contributed by atoms with Crippen LogP contribution in [-0.4, -0.2) is 30.6 Å². The van der Waals surface area contributed by atoms with Crippen LogP contribution in [-0.2, 0) is 14.9 Å². The zero-order chi connectivity index (χ0) is 21.0. The van der Waals surface area contributed by atoms with E-state index in [2.05, 4.69) is 77.9 Å². The number of carbonyl (C=O) groups is 1. The topological polar surface area (TPSA) is 29.5 Å². The van der Waals surface area contributed by atoms with Crippen molar-refractivity contribution in [2.75, 3.05) is 19.7 Å². The van der Waals surface area contributed by atoms with E-state index in [-0.39, 0.29) is 5.97 Å². The van der Waals surface area contributed by atoms with Gasteiger partial charge in [-0.25, -0.2) is 0 Å². The number of nitrogens with zero attached hydrogens (tertiary/aromatic N) is 1.